The molecule has 0 atom stereocenters. The van der Waals surface area contributed by atoms with Crippen molar-refractivity contribution >= 4 is 16.6 Å². The summed E-state index contributed by atoms with van der Waals surface area (Å²) < 4.78 is 50.7. The van der Waals surface area contributed by atoms with E-state index in [1.54, 1.807) is 0 Å². The van der Waals surface area contributed by atoms with Crippen LogP contribution >= 0.6 is 0 Å². The zero-order chi connectivity index (χ0) is 12.6. The first kappa shape index (κ1) is 11.6. The first-order valence-electron chi connectivity index (χ1n) is 4.56. The summed E-state index contributed by atoms with van der Waals surface area (Å²) in [6, 6.07) is 4.58. The Hall–Kier alpha value is -1.89. The van der Waals surface area contributed by atoms with Gasteiger partial charge in [-0.25, -0.2) is 9.37 Å². The standard InChI is InChI=1S/C10H7F4N3/c11-6-2-1-5-3-8(17-15)9(10(12,13)14)16-7(5)4-6/h1-4,17H,15H2. The van der Waals surface area contributed by atoms with Crippen LogP contribution < -0.4 is 11.3 Å². The predicted octanol–water partition coefficient (Wildman–Crippen LogP) is 2.68. The molecule has 0 aliphatic heterocycles. The molecule has 17 heavy (non-hydrogen) atoms. The molecule has 2 rings (SSSR count). The van der Waals surface area contributed by atoms with Gasteiger partial charge in [0.25, 0.3) is 0 Å². The van der Waals surface area contributed by atoms with E-state index in [1.165, 1.54) is 12.1 Å². The molecule has 0 fully saturated rings. The maximum atomic E-state index is 12.9. The Morgan fingerprint density at radius 2 is 1.88 bits per heavy atom. The molecule has 0 aliphatic rings. The molecule has 3 nitrogen and oxygen atoms in total. The summed E-state index contributed by atoms with van der Waals surface area (Å²) in [7, 11) is 0. The zero-order valence-corrected chi connectivity index (χ0v) is 8.35. The van der Waals surface area contributed by atoms with E-state index in [-0.39, 0.29) is 11.2 Å². The zero-order valence-electron chi connectivity index (χ0n) is 8.35. The normalized spacial score (nSPS) is 11.8. The molecule has 0 saturated carbocycles. The maximum Gasteiger partial charge on any atom is 0.435 e. The van der Waals surface area contributed by atoms with Gasteiger partial charge in [-0.3, -0.25) is 5.84 Å². The minimum Gasteiger partial charge on any atom is -0.322 e. The SMILES string of the molecule is NNc1cc2ccc(F)cc2nc1C(F)(F)F. The van der Waals surface area contributed by atoms with Gasteiger partial charge in [-0.1, -0.05) is 0 Å². The fourth-order valence-electron chi connectivity index (χ4n) is 1.47. The van der Waals surface area contributed by atoms with Gasteiger partial charge in [0.2, 0.25) is 0 Å². The van der Waals surface area contributed by atoms with Crippen molar-refractivity contribution in [2.75, 3.05) is 5.43 Å². The molecule has 0 bridgehead atoms. The Kier molecular flexibility index (Phi) is 2.62. The number of fused-ring (bicyclic) bond motifs is 1. The van der Waals surface area contributed by atoms with Gasteiger partial charge in [-0.2, -0.15) is 13.2 Å². The third kappa shape index (κ3) is 2.14. The van der Waals surface area contributed by atoms with E-state index in [2.05, 4.69) is 4.98 Å². The Morgan fingerprint density at radius 1 is 1.18 bits per heavy atom. The lowest BCUT2D eigenvalue weighted by Crippen LogP contribution is -2.16. The topological polar surface area (TPSA) is 50.9 Å². The summed E-state index contributed by atoms with van der Waals surface area (Å²) in [5.74, 6) is 4.36. The number of alkyl halides is 3. The predicted molar refractivity (Wildman–Crippen MR) is 54.5 cm³/mol. The number of benzene rings is 1. The molecule has 1 aromatic carbocycles. The highest BCUT2D eigenvalue weighted by molar-refractivity contribution is 5.82. The first-order chi connectivity index (χ1) is 7.91. The van der Waals surface area contributed by atoms with Crippen LogP contribution in [0, 0.1) is 5.82 Å². The van der Waals surface area contributed by atoms with Crippen molar-refractivity contribution in [3.05, 3.63) is 35.8 Å². The van der Waals surface area contributed by atoms with Gasteiger partial charge in [0.05, 0.1) is 11.2 Å². The Morgan fingerprint density at radius 3 is 2.47 bits per heavy atom. The van der Waals surface area contributed by atoms with Gasteiger partial charge in [-0.05, 0) is 18.2 Å². The third-order valence-corrected chi connectivity index (χ3v) is 2.20. The molecule has 0 amide bonds. The molecule has 3 N–H and O–H groups in total. The van der Waals surface area contributed by atoms with Crippen LogP contribution in [0.3, 0.4) is 0 Å². The molecule has 2 aromatic rings. The molecule has 0 radical (unpaired) electrons. The average Bonchev–Trinajstić information content (AvgIpc) is 2.26. The molecule has 0 saturated heterocycles. The van der Waals surface area contributed by atoms with Crippen LogP contribution in [-0.2, 0) is 6.18 Å². The highest BCUT2D eigenvalue weighted by Crippen LogP contribution is 2.34. The number of anilines is 1. The van der Waals surface area contributed by atoms with Crippen molar-refractivity contribution in [1.29, 1.82) is 0 Å². The number of hydrogen-bond donors (Lipinski definition) is 2. The van der Waals surface area contributed by atoms with E-state index in [0.717, 1.165) is 12.1 Å². The molecule has 0 unspecified atom stereocenters. The fraction of sp³-hybridized carbons (Fsp3) is 0.100. The van der Waals surface area contributed by atoms with Crippen molar-refractivity contribution in [3.63, 3.8) is 0 Å². The van der Waals surface area contributed by atoms with Crippen LogP contribution in [-0.4, -0.2) is 4.98 Å². The number of nitrogens with two attached hydrogens (primary N) is 1. The second-order valence-electron chi connectivity index (χ2n) is 3.36. The number of aromatic nitrogens is 1. The second kappa shape index (κ2) is 3.85. The minimum atomic E-state index is -4.65. The number of pyridine rings is 1. The van der Waals surface area contributed by atoms with Crippen LogP contribution in [0.4, 0.5) is 23.2 Å². The van der Waals surface area contributed by atoms with E-state index in [4.69, 9.17) is 5.84 Å². The van der Waals surface area contributed by atoms with Gasteiger partial charge in [-0.15, -0.1) is 0 Å². The Balaban J connectivity index is 2.74. The van der Waals surface area contributed by atoms with E-state index >= 15 is 0 Å². The average molecular weight is 245 g/mol. The van der Waals surface area contributed by atoms with Crippen LogP contribution in [0.2, 0.25) is 0 Å². The van der Waals surface area contributed by atoms with Gasteiger partial charge in [0.1, 0.15) is 5.82 Å². The summed E-state index contributed by atoms with van der Waals surface area (Å²) in [5.41, 5.74) is 0.341. The van der Waals surface area contributed by atoms with Gasteiger partial charge in [0, 0.05) is 11.5 Å². The number of hydrazine groups is 1. The van der Waals surface area contributed by atoms with Crippen LogP contribution in [0.15, 0.2) is 24.3 Å². The van der Waals surface area contributed by atoms with Crippen molar-refractivity contribution in [3.8, 4) is 0 Å². The summed E-state index contributed by atoms with van der Waals surface area (Å²) >= 11 is 0. The van der Waals surface area contributed by atoms with Gasteiger partial charge >= 0.3 is 6.18 Å². The Bertz CT molecular complexity index is 565. The minimum absolute atomic E-state index is 0.0728. The van der Waals surface area contributed by atoms with Crippen molar-refractivity contribution in [1.82, 2.24) is 4.98 Å². The van der Waals surface area contributed by atoms with Gasteiger partial charge in [0.15, 0.2) is 5.69 Å². The second-order valence-corrected chi connectivity index (χ2v) is 3.36. The summed E-state index contributed by atoms with van der Waals surface area (Å²) in [5, 5.41) is 0.368. The lowest BCUT2D eigenvalue weighted by molar-refractivity contribution is -0.140. The molecule has 0 aliphatic carbocycles. The molecular formula is C10H7F4N3. The van der Waals surface area contributed by atoms with Gasteiger partial charge < -0.3 is 5.43 Å². The van der Waals surface area contributed by atoms with Crippen molar-refractivity contribution in [2.24, 2.45) is 5.84 Å². The first-order valence-corrected chi connectivity index (χ1v) is 4.56. The lowest BCUT2D eigenvalue weighted by Gasteiger charge is -2.12. The summed E-state index contributed by atoms with van der Waals surface area (Å²) in [6.45, 7) is 0. The Labute approximate surface area is 93.2 Å². The molecule has 90 valence electrons. The molecule has 1 aromatic heterocycles. The van der Waals surface area contributed by atoms with E-state index in [9.17, 15) is 17.6 Å². The van der Waals surface area contributed by atoms with E-state index in [0.29, 0.717) is 5.39 Å². The molecule has 0 spiro atoms. The molecule has 1 heterocycles. The quantitative estimate of drug-likeness (QED) is 0.461. The van der Waals surface area contributed by atoms with E-state index in [1.807, 2.05) is 5.43 Å². The molecule has 7 heteroatoms. The number of nitrogens with zero attached hydrogens (tertiary/aromatic N) is 1. The highest BCUT2D eigenvalue weighted by atomic mass is 19.4. The lowest BCUT2D eigenvalue weighted by atomic mass is 10.1. The van der Waals surface area contributed by atoms with E-state index < -0.39 is 17.7 Å². The number of halogens is 4. The van der Waals surface area contributed by atoms with Crippen LogP contribution in [0.1, 0.15) is 5.69 Å². The number of nitrogen functional groups attached to an aromatic ring is 1. The third-order valence-electron chi connectivity index (χ3n) is 2.20. The number of hydrogen-bond acceptors (Lipinski definition) is 3. The maximum absolute atomic E-state index is 12.9. The number of rotatable bonds is 1. The largest absolute Gasteiger partial charge is 0.435 e. The van der Waals surface area contributed by atoms with Crippen molar-refractivity contribution in [2.45, 2.75) is 6.18 Å². The van der Waals surface area contributed by atoms with Crippen LogP contribution in [0.5, 0.6) is 0 Å². The number of nitrogens with one attached hydrogen (secondary N) is 1. The monoisotopic (exact) mass is 245 g/mol. The van der Waals surface area contributed by atoms with Crippen LogP contribution in [0.25, 0.3) is 10.9 Å². The van der Waals surface area contributed by atoms with Crippen molar-refractivity contribution < 1.29 is 17.6 Å². The summed E-state index contributed by atoms with van der Waals surface area (Å²) in [6.07, 6.45) is -4.65. The highest BCUT2D eigenvalue weighted by Gasteiger charge is 2.35. The fourth-order valence-corrected chi connectivity index (χ4v) is 1.47. The summed E-state index contributed by atoms with van der Waals surface area (Å²) in [4.78, 5) is 3.37. The molecular weight excluding hydrogens is 238 g/mol. The smallest absolute Gasteiger partial charge is 0.322 e.